The Morgan fingerprint density at radius 2 is 2.40 bits per heavy atom. The molecule has 1 rings (SSSR count). The molecule has 1 aliphatic rings. The smallest absolute Gasteiger partial charge is 0.214 e. The maximum atomic E-state index is 10.4. The van der Waals surface area contributed by atoms with Crippen molar-refractivity contribution >= 4 is 6.09 Å². The minimum atomic E-state index is -1.37. The van der Waals surface area contributed by atoms with Gasteiger partial charge < -0.3 is 20.0 Å². The van der Waals surface area contributed by atoms with Crippen molar-refractivity contribution in [1.29, 1.82) is 5.53 Å². The third kappa shape index (κ3) is 3.30. The van der Waals surface area contributed by atoms with Gasteiger partial charge in [-0.25, -0.2) is 0 Å². The molecule has 0 saturated carbocycles. The molecule has 2 N–H and O–H groups in total. The summed E-state index contributed by atoms with van der Waals surface area (Å²) in [6.07, 6.45) is -0.853. The van der Waals surface area contributed by atoms with Gasteiger partial charge in [-0.05, 0) is 13.8 Å². The SMILES string of the molecule is CC1(C)C[C@@H](N=[N+]=N)[C@@H](NC(=O)[O-])CO1. The van der Waals surface area contributed by atoms with Crippen molar-refractivity contribution in [3.63, 3.8) is 0 Å². The van der Waals surface area contributed by atoms with Crippen molar-refractivity contribution in [1.82, 2.24) is 10.2 Å². The van der Waals surface area contributed by atoms with Gasteiger partial charge in [-0.2, -0.15) is 0 Å². The lowest BCUT2D eigenvalue weighted by Crippen LogP contribution is -2.56. The summed E-state index contributed by atoms with van der Waals surface area (Å²) in [5.41, 5.74) is 6.30. The largest absolute Gasteiger partial charge is 0.530 e. The lowest BCUT2D eigenvalue weighted by molar-refractivity contribution is -0.253. The normalized spacial score (nSPS) is 28.9. The third-order valence-electron chi connectivity index (χ3n) is 2.33. The van der Waals surface area contributed by atoms with Gasteiger partial charge in [0.25, 0.3) is 0 Å². The van der Waals surface area contributed by atoms with Crippen LogP contribution in [0.4, 0.5) is 4.79 Å². The van der Waals surface area contributed by atoms with Crippen molar-refractivity contribution < 1.29 is 14.6 Å². The number of carbonyl (C=O) groups excluding carboxylic acids is 1. The number of amides is 1. The molecular formula is C8H14N4O3. The van der Waals surface area contributed by atoms with E-state index in [0.29, 0.717) is 6.42 Å². The molecule has 2 atom stereocenters. The standard InChI is InChI=1S/C8H14N4O3/c1-8(2)3-5(11-12-9)6(4-15-8)10-7(13)14/h5-6,9-10H,3-4H2,1-2H3/t5-,6+/m1/s1. The first-order chi connectivity index (χ1) is 6.94. The zero-order valence-corrected chi connectivity index (χ0v) is 8.69. The van der Waals surface area contributed by atoms with E-state index in [1.54, 1.807) is 0 Å². The van der Waals surface area contributed by atoms with Crippen LogP contribution in [0.1, 0.15) is 20.3 Å². The van der Waals surface area contributed by atoms with Gasteiger partial charge in [-0.1, -0.05) is 0 Å². The number of hydrogen-bond donors (Lipinski definition) is 2. The van der Waals surface area contributed by atoms with E-state index in [1.807, 2.05) is 13.8 Å². The molecule has 7 nitrogen and oxygen atoms in total. The van der Waals surface area contributed by atoms with Crippen LogP contribution in [0.5, 0.6) is 0 Å². The Hall–Kier alpha value is -1.46. The quantitative estimate of drug-likeness (QED) is 0.473. The summed E-state index contributed by atoms with van der Waals surface area (Å²) in [4.78, 5) is 13.3. The van der Waals surface area contributed by atoms with E-state index in [-0.39, 0.29) is 18.2 Å². The van der Waals surface area contributed by atoms with Gasteiger partial charge in [0, 0.05) is 6.42 Å². The van der Waals surface area contributed by atoms with Crippen molar-refractivity contribution in [2.45, 2.75) is 38.0 Å². The number of carboxylic acid groups (broad SMARTS) is 1. The molecule has 0 bridgehead atoms. The summed E-state index contributed by atoms with van der Waals surface area (Å²) in [5.74, 6) is 0. The Balaban J connectivity index is 2.71. The molecule has 1 amide bonds. The minimum Gasteiger partial charge on any atom is -0.530 e. The topological polar surface area (TPSA) is 112 Å². The van der Waals surface area contributed by atoms with Crippen LogP contribution in [-0.4, -0.2) is 30.4 Å². The van der Waals surface area contributed by atoms with E-state index in [0.717, 1.165) is 0 Å². The van der Waals surface area contributed by atoms with Gasteiger partial charge in [-0.15, -0.1) is 0 Å². The van der Waals surface area contributed by atoms with Gasteiger partial charge in [0.2, 0.25) is 4.91 Å². The maximum Gasteiger partial charge on any atom is 0.214 e. The number of carbonyl (C=O) groups is 1. The summed E-state index contributed by atoms with van der Waals surface area (Å²) in [6, 6.07) is -0.860. The first kappa shape index (κ1) is 11.6. The van der Waals surface area contributed by atoms with E-state index in [1.165, 1.54) is 0 Å². The molecule has 0 radical (unpaired) electrons. The zero-order valence-electron chi connectivity index (χ0n) is 8.69. The molecule has 0 aromatic rings. The third-order valence-corrected chi connectivity index (χ3v) is 2.33. The highest BCUT2D eigenvalue weighted by Crippen LogP contribution is 2.25. The second-order valence-corrected chi connectivity index (χ2v) is 4.10. The van der Waals surface area contributed by atoms with Crippen LogP contribution in [0.25, 0.3) is 0 Å². The Morgan fingerprint density at radius 3 is 2.93 bits per heavy atom. The molecule has 0 aliphatic carbocycles. The van der Waals surface area contributed by atoms with E-state index < -0.39 is 12.1 Å². The van der Waals surface area contributed by atoms with Crippen molar-refractivity contribution in [3.8, 4) is 0 Å². The van der Waals surface area contributed by atoms with Gasteiger partial charge in [-0.3, -0.25) is 0 Å². The zero-order chi connectivity index (χ0) is 11.5. The number of nitrogens with one attached hydrogen (secondary N) is 2. The number of rotatable bonds is 2. The lowest BCUT2D eigenvalue weighted by Gasteiger charge is -2.37. The fraction of sp³-hybridized carbons (Fsp3) is 0.875. The second kappa shape index (κ2) is 4.37. The Morgan fingerprint density at radius 1 is 1.73 bits per heavy atom. The molecule has 84 valence electrons. The van der Waals surface area contributed by atoms with Gasteiger partial charge in [0.05, 0.1) is 18.2 Å². The Bertz CT molecular complexity index is 298. The summed E-state index contributed by atoms with van der Waals surface area (Å²) in [7, 11) is 0. The summed E-state index contributed by atoms with van der Waals surface area (Å²) < 4.78 is 5.44. The minimum absolute atomic E-state index is 0.213. The van der Waals surface area contributed by atoms with Gasteiger partial charge >= 0.3 is 0 Å². The molecule has 1 heterocycles. The van der Waals surface area contributed by atoms with Crippen LogP contribution < -0.4 is 15.3 Å². The number of hydrogen-bond acceptors (Lipinski definition) is 5. The summed E-state index contributed by atoms with van der Waals surface area (Å²) in [6.45, 7) is 3.98. The van der Waals surface area contributed by atoms with Crippen molar-refractivity contribution in [2.75, 3.05) is 6.61 Å². The average Bonchev–Trinajstić information content (AvgIpc) is 2.09. The summed E-state index contributed by atoms with van der Waals surface area (Å²) in [5, 5.41) is 16.3. The molecule has 7 heteroatoms. The van der Waals surface area contributed by atoms with Gasteiger partial charge in [0.1, 0.15) is 16.7 Å². The van der Waals surface area contributed by atoms with E-state index in [2.05, 4.69) is 15.3 Å². The molecular weight excluding hydrogens is 200 g/mol. The van der Waals surface area contributed by atoms with E-state index in [4.69, 9.17) is 10.3 Å². The highest BCUT2D eigenvalue weighted by Gasteiger charge is 2.38. The predicted octanol–water partition coefficient (Wildman–Crippen LogP) is -0.594. The fourth-order valence-electron chi connectivity index (χ4n) is 1.62. The molecule has 0 aromatic carbocycles. The number of nitrogens with zero attached hydrogens (tertiary/aromatic N) is 2. The van der Waals surface area contributed by atoms with Crippen molar-refractivity contribution in [3.05, 3.63) is 0 Å². The summed E-state index contributed by atoms with van der Waals surface area (Å²) >= 11 is 0. The van der Waals surface area contributed by atoms with Crippen molar-refractivity contribution in [2.24, 2.45) is 5.11 Å². The molecule has 15 heavy (non-hydrogen) atoms. The van der Waals surface area contributed by atoms with Crippen LogP contribution >= 0.6 is 0 Å². The molecule has 1 aliphatic heterocycles. The predicted molar refractivity (Wildman–Crippen MR) is 48.0 cm³/mol. The first-order valence-corrected chi connectivity index (χ1v) is 4.62. The van der Waals surface area contributed by atoms with E-state index >= 15 is 0 Å². The molecule has 0 spiro atoms. The van der Waals surface area contributed by atoms with Crippen LogP contribution in [0.3, 0.4) is 0 Å². The average molecular weight is 214 g/mol. The maximum absolute atomic E-state index is 10.4. The lowest BCUT2D eigenvalue weighted by atomic mass is 9.91. The molecule has 0 unspecified atom stereocenters. The molecule has 1 saturated heterocycles. The molecule has 0 aromatic heterocycles. The van der Waals surface area contributed by atoms with Crippen LogP contribution in [-0.2, 0) is 4.74 Å². The van der Waals surface area contributed by atoms with E-state index in [9.17, 15) is 9.90 Å². The first-order valence-electron chi connectivity index (χ1n) is 4.62. The van der Waals surface area contributed by atoms with Gasteiger partial charge in [0.15, 0.2) is 6.04 Å². The highest BCUT2D eigenvalue weighted by atomic mass is 16.5. The highest BCUT2D eigenvalue weighted by molar-refractivity contribution is 5.62. The van der Waals surface area contributed by atoms with Crippen LogP contribution in [0.2, 0.25) is 0 Å². The monoisotopic (exact) mass is 214 g/mol. The Labute approximate surface area is 87.0 Å². The van der Waals surface area contributed by atoms with Crippen LogP contribution in [0.15, 0.2) is 5.11 Å². The number of ether oxygens (including phenoxy) is 1. The molecule has 1 fully saturated rings. The second-order valence-electron chi connectivity index (χ2n) is 4.10. The fourth-order valence-corrected chi connectivity index (χ4v) is 1.62. The Kier molecular flexibility index (Phi) is 3.39. The van der Waals surface area contributed by atoms with Crippen LogP contribution in [0, 0.1) is 5.53 Å².